The molecule has 7 nitrogen and oxygen atoms in total. The molecule has 98 valence electrons. The van der Waals surface area contributed by atoms with Crippen molar-refractivity contribution >= 4 is 17.8 Å². The average molecular weight is 245 g/mol. The van der Waals surface area contributed by atoms with Gasteiger partial charge in [-0.3, -0.25) is 9.59 Å². The molecule has 0 aliphatic heterocycles. The summed E-state index contributed by atoms with van der Waals surface area (Å²) < 4.78 is 0. The second-order valence-corrected chi connectivity index (χ2v) is 3.90. The minimum atomic E-state index is -1.27. The molecule has 0 rings (SSSR count). The van der Waals surface area contributed by atoms with Crippen LogP contribution >= 0.6 is 0 Å². The van der Waals surface area contributed by atoms with E-state index < -0.39 is 30.2 Å². The Kier molecular flexibility index (Phi) is 6.88. The van der Waals surface area contributed by atoms with Crippen molar-refractivity contribution in [3.05, 3.63) is 0 Å². The number of rotatable bonds is 8. The van der Waals surface area contributed by atoms with Crippen LogP contribution in [0.3, 0.4) is 0 Å². The highest BCUT2D eigenvalue weighted by Crippen LogP contribution is 2.05. The molecular formula is C10H19N3O4. The third-order valence-corrected chi connectivity index (χ3v) is 2.31. The van der Waals surface area contributed by atoms with Crippen LogP contribution in [0.2, 0.25) is 0 Å². The van der Waals surface area contributed by atoms with Gasteiger partial charge in [-0.05, 0) is 19.4 Å². The summed E-state index contributed by atoms with van der Waals surface area (Å²) in [4.78, 5) is 33.0. The molecule has 1 unspecified atom stereocenters. The predicted molar refractivity (Wildman–Crippen MR) is 60.8 cm³/mol. The van der Waals surface area contributed by atoms with Crippen molar-refractivity contribution in [1.82, 2.24) is 5.32 Å². The molecule has 17 heavy (non-hydrogen) atoms. The summed E-state index contributed by atoms with van der Waals surface area (Å²) in [6.45, 7) is 2.15. The Morgan fingerprint density at radius 3 is 2.35 bits per heavy atom. The minimum absolute atomic E-state index is 0.340. The first-order valence-electron chi connectivity index (χ1n) is 5.40. The molecule has 2 amide bonds. The van der Waals surface area contributed by atoms with Crippen molar-refractivity contribution in [3.8, 4) is 0 Å². The smallest absolute Gasteiger partial charge is 0.326 e. The minimum Gasteiger partial charge on any atom is -0.480 e. The van der Waals surface area contributed by atoms with Gasteiger partial charge in [0.1, 0.15) is 6.04 Å². The van der Waals surface area contributed by atoms with Gasteiger partial charge in [0.05, 0.1) is 6.42 Å². The molecule has 0 aromatic carbocycles. The van der Waals surface area contributed by atoms with Crippen molar-refractivity contribution in [2.75, 3.05) is 6.54 Å². The molecule has 0 spiro atoms. The van der Waals surface area contributed by atoms with Gasteiger partial charge in [0.25, 0.3) is 0 Å². The molecule has 7 heteroatoms. The first kappa shape index (κ1) is 15.4. The number of hydrogen-bond donors (Lipinski definition) is 4. The SMILES string of the molecule is CC(CCCN)C(=O)N[C@@H](CC(N)=O)C(=O)O. The van der Waals surface area contributed by atoms with Gasteiger partial charge >= 0.3 is 5.97 Å². The lowest BCUT2D eigenvalue weighted by atomic mass is 10.0. The van der Waals surface area contributed by atoms with E-state index in [-0.39, 0.29) is 5.92 Å². The van der Waals surface area contributed by atoms with Crippen molar-refractivity contribution in [1.29, 1.82) is 0 Å². The van der Waals surface area contributed by atoms with Crippen LogP contribution in [-0.2, 0) is 14.4 Å². The van der Waals surface area contributed by atoms with E-state index in [1.165, 1.54) is 0 Å². The summed E-state index contributed by atoms with van der Waals surface area (Å²) in [5.41, 5.74) is 10.2. The number of carbonyl (C=O) groups excluding carboxylic acids is 2. The predicted octanol–water partition coefficient (Wildman–Crippen LogP) is -1.19. The highest BCUT2D eigenvalue weighted by atomic mass is 16.4. The van der Waals surface area contributed by atoms with Gasteiger partial charge in [-0.25, -0.2) is 4.79 Å². The van der Waals surface area contributed by atoms with Gasteiger partial charge < -0.3 is 21.9 Å². The molecule has 0 saturated carbocycles. The summed E-state index contributed by atoms with van der Waals surface area (Å²) in [5, 5.41) is 11.1. The van der Waals surface area contributed by atoms with E-state index >= 15 is 0 Å². The normalized spacial score (nSPS) is 13.8. The van der Waals surface area contributed by atoms with E-state index in [1.54, 1.807) is 6.92 Å². The van der Waals surface area contributed by atoms with Crippen LogP contribution in [0.1, 0.15) is 26.2 Å². The molecule has 0 aliphatic carbocycles. The monoisotopic (exact) mass is 245 g/mol. The van der Waals surface area contributed by atoms with Crippen molar-refractivity contribution < 1.29 is 19.5 Å². The number of nitrogens with two attached hydrogens (primary N) is 2. The van der Waals surface area contributed by atoms with Crippen LogP contribution < -0.4 is 16.8 Å². The number of aliphatic carboxylic acids is 1. The molecule has 0 fully saturated rings. The zero-order chi connectivity index (χ0) is 13.4. The quantitative estimate of drug-likeness (QED) is 0.426. The zero-order valence-electron chi connectivity index (χ0n) is 9.81. The fraction of sp³-hybridized carbons (Fsp3) is 0.700. The van der Waals surface area contributed by atoms with Crippen LogP contribution in [0.15, 0.2) is 0 Å². The molecule has 0 radical (unpaired) electrons. The summed E-state index contributed by atoms with van der Waals surface area (Å²) >= 11 is 0. The zero-order valence-corrected chi connectivity index (χ0v) is 9.81. The maximum atomic E-state index is 11.6. The first-order chi connectivity index (χ1) is 7.88. The fourth-order valence-electron chi connectivity index (χ4n) is 1.27. The molecule has 0 saturated heterocycles. The highest BCUT2D eigenvalue weighted by Gasteiger charge is 2.24. The maximum absolute atomic E-state index is 11.6. The van der Waals surface area contributed by atoms with Gasteiger partial charge in [0.2, 0.25) is 11.8 Å². The van der Waals surface area contributed by atoms with Crippen LogP contribution in [0.4, 0.5) is 0 Å². The Morgan fingerprint density at radius 1 is 1.35 bits per heavy atom. The van der Waals surface area contributed by atoms with E-state index in [0.29, 0.717) is 19.4 Å². The summed E-state index contributed by atoms with van der Waals surface area (Å²) in [6.07, 6.45) is 0.845. The van der Waals surface area contributed by atoms with Gasteiger partial charge in [0.15, 0.2) is 0 Å². The summed E-state index contributed by atoms with van der Waals surface area (Å²) in [7, 11) is 0. The maximum Gasteiger partial charge on any atom is 0.326 e. The van der Waals surface area contributed by atoms with E-state index in [2.05, 4.69) is 5.32 Å². The lowest BCUT2D eigenvalue weighted by molar-refractivity contribution is -0.143. The third-order valence-electron chi connectivity index (χ3n) is 2.31. The van der Waals surface area contributed by atoms with Crippen molar-refractivity contribution in [2.45, 2.75) is 32.2 Å². The molecule has 0 aliphatic rings. The summed E-state index contributed by atoms with van der Waals surface area (Å²) in [5.74, 6) is -2.80. The number of primary amides is 1. The standard InChI is InChI=1S/C10H19N3O4/c1-6(3-2-4-11)9(15)13-7(10(16)17)5-8(12)14/h6-7H,2-5,11H2,1H3,(H2,12,14)(H,13,15)(H,16,17)/t6?,7-/m0/s1. The fourth-order valence-corrected chi connectivity index (χ4v) is 1.27. The number of carboxylic acid groups (broad SMARTS) is 1. The van der Waals surface area contributed by atoms with E-state index in [0.717, 1.165) is 0 Å². The Bertz CT molecular complexity index is 293. The Labute approximate surface area is 99.5 Å². The second kappa shape index (κ2) is 7.61. The van der Waals surface area contributed by atoms with E-state index in [4.69, 9.17) is 16.6 Å². The Hall–Kier alpha value is -1.63. The van der Waals surface area contributed by atoms with E-state index in [9.17, 15) is 14.4 Å². The summed E-state index contributed by atoms with van der Waals surface area (Å²) in [6, 6.07) is -1.26. The number of hydrogen-bond acceptors (Lipinski definition) is 4. The molecule has 6 N–H and O–H groups in total. The van der Waals surface area contributed by atoms with Crippen LogP contribution in [0, 0.1) is 5.92 Å². The molecule has 0 bridgehead atoms. The number of carboxylic acids is 1. The number of amides is 2. The lowest BCUT2D eigenvalue weighted by Crippen LogP contribution is -2.45. The lowest BCUT2D eigenvalue weighted by Gasteiger charge is -2.16. The van der Waals surface area contributed by atoms with Crippen LogP contribution in [0.5, 0.6) is 0 Å². The number of carbonyl (C=O) groups is 3. The average Bonchev–Trinajstić information content (AvgIpc) is 2.23. The van der Waals surface area contributed by atoms with Crippen molar-refractivity contribution in [2.24, 2.45) is 17.4 Å². The topological polar surface area (TPSA) is 136 Å². The Morgan fingerprint density at radius 2 is 1.94 bits per heavy atom. The molecule has 0 aromatic rings. The molecular weight excluding hydrogens is 226 g/mol. The van der Waals surface area contributed by atoms with Gasteiger partial charge in [-0.1, -0.05) is 6.92 Å². The Balaban J connectivity index is 4.29. The van der Waals surface area contributed by atoms with Crippen LogP contribution in [-0.4, -0.2) is 35.5 Å². The van der Waals surface area contributed by atoms with Crippen LogP contribution in [0.25, 0.3) is 0 Å². The van der Waals surface area contributed by atoms with Crippen molar-refractivity contribution in [3.63, 3.8) is 0 Å². The third kappa shape index (κ3) is 6.52. The highest BCUT2D eigenvalue weighted by molar-refractivity contribution is 5.88. The van der Waals surface area contributed by atoms with Gasteiger partial charge in [0, 0.05) is 5.92 Å². The largest absolute Gasteiger partial charge is 0.480 e. The van der Waals surface area contributed by atoms with E-state index in [1.807, 2.05) is 0 Å². The van der Waals surface area contributed by atoms with Gasteiger partial charge in [-0.2, -0.15) is 0 Å². The second-order valence-electron chi connectivity index (χ2n) is 3.90. The van der Waals surface area contributed by atoms with Gasteiger partial charge in [-0.15, -0.1) is 0 Å². The molecule has 2 atom stereocenters. The number of nitrogens with one attached hydrogen (secondary N) is 1. The molecule has 0 heterocycles. The first-order valence-corrected chi connectivity index (χ1v) is 5.40. The molecule has 0 aromatic heterocycles.